The van der Waals surface area contributed by atoms with Crippen LogP contribution < -0.4 is 22.4 Å². The fourth-order valence-corrected chi connectivity index (χ4v) is 4.69. The number of aromatic nitrogens is 3. The third kappa shape index (κ3) is 3.61. The number of amides is 1. The van der Waals surface area contributed by atoms with E-state index in [-0.39, 0.29) is 17.6 Å². The van der Waals surface area contributed by atoms with Crippen molar-refractivity contribution in [3.8, 4) is 0 Å². The number of carbonyl (C=O) groups is 2. The lowest BCUT2D eigenvalue weighted by molar-refractivity contribution is -0.113. The van der Waals surface area contributed by atoms with Crippen LogP contribution in [0.1, 0.15) is 33.6 Å². The van der Waals surface area contributed by atoms with Gasteiger partial charge in [0.05, 0.1) is 18.4 Å². The number of thiophene rings is 1. The van der Waals surface area contributed by atoms with Crippen LogP contribution >= 0.6 is 23.1 Å². The maximum absolute atomic E-state index is 12.3. The van der Waals surface area contributed by atoms with Crippen molar-refractivity contribution in [1.82, 2.24) is 14.9 Å². The van der Waals surface area contributed by atoms with Crippen molar-refractivity contribution < 1.29 is 14.3 Å². The summed E-state index contributed by atoms with van der Waals surface area (Å²) in [7, 11) is 1.34. The summed E-state index contributed by atoms with van der Waals surface area (Å²) in [5.41, 5.74) is 3.77. The van der Waals surface area contributed by atoms with Crippen molar-refractivity contribution in [3.63, 3.8) is 0 Å². The molecule has 0 fully saturated rings. The summed E-state index contributed by atoms with van der Waals surface area (Å²) in [6.45, 7) is 0. The number of esters is 1. The molecular weight excluding hydrogens is 378 g/mol. The minimum absolute atomic E-state index is 0.0586. The highest BCUT2D eigenvalue weighted by Gasteiger charge is 2.27. The Hall–Kier alpha value is -2.31. The molecule has 0 atom stereocenters. The molecule has 0 saturated heterocycles. The van der Waals surface area contributed by atoms with Gasteiger partial charge in [-0.2, -0.15) is 0 Å². The van der Waals surface area contributed by atoms with Gasteiger partial charge in [0, 0.05) is 4.88 Å². The van der Waals surface area contributed by atoms with Crippen LogP contribution in [0.5, 0.6) is 0 Å². The number of hydrazine groups is 1. The number of nitrogens with two attached hydrogens (primary N) is 2. The van der Waals surface area contributed by atoms with Gasteiger partial charge in [-0.3, -0.25) is 10.2 Å². The molecule has 12 heteroatoms. The van der Waals surface area contributed by atoms with Crippen LogP contribution in [0.15, 0.2) is 5.16 Å². The summed E-state index contributed by atoms with van der Waals surface area (Å²) >= 11 is 2.55. The molecule has 0 unspecified atom stereocenters. The van der Waals surface area contributed by atoms with Gasteiger partial charge in [-0.1, -0.05) is 11.8 Å². The zero-order chi connectivity index (χ0) is 18.7. The molecule has 2 aromatic heterocycles. The van der Waals surface area contributed by atoms with Gasteiger partial charge in [0.1, 0.15) is 5.00 Å². The van der Waals surface area contributed by atoms with Crippen LogP contribution in [-0.2, 0) is 22.4 Å². The predicted molar refractivity (Wildman–Crippen MR) is 99.6 cm³/mol. The topological polar surface area (TPSA) is 150 Å². The predicted octanol–water partition coefficient (Wildman–Crippen LogP) is 0.735. The van der Waals surface area contributed by atoms with E-state index in [9.17, 15) is 9.59 Å². The molecule has 0 aromatic carbocycles. The number of anilines is 2. The third-order valence-corrected chi connectivity index (χ3v) is 6.09. The molecule has 1 aliphatic rings. The minimum atomic E-state index is -0.423. The standard InChI is InChI=1S/C14H19N7O3S2/c1-24-12(23)10-7-4-2-3-5-8(7)26-11(10)17-9(22)6-25-14-20-19-13(18-15)21(14)16/h2-6,15-16H2,1H3,(H,17,22)(H,18,19). The molecule has 3 rings (SSSR count). The molecule has 26 heavy (non-hydrogen) atoms. The number of nitrogens with one attached hydrogen (secondary N) is 2. The Labute approximate surface area is 157 Å². The van der Waals surface area contributed by atoms with Crippen molar-refractivity contribution in [1.29, 1.82) is 0 Å². The fourth-order valence-electron chi connectivity index (χ4n) is 2.74. The SMILES string of the molecule is COC(=O)c1c(NC(=O)CSc2nnc(NN)n2N)sc2c1CCCC2. The number of nitrogens with zero attached hydrogens (tertiary/aromatic N) is 3. The lowest BCUT2D eigenvalue weighted by Crippen LogP contribution is -2.20. The summed E-state index contributed by atoms with van der Waals surface area (Å²) < 4.78 is 6.05. The zero-order valence-electron chi connectivity index (χ0n) is 14.1. The number of rotatable bonds is 6. The third-order valence-electron chi connectivity index (χ3n) is 3.94. The molecule has 10 nitrogen and oxygen atoms in total. The van der Waals surface area contributed by atoms with Crippen molar-refractivity contribution in [3.05, 3.63) is 16.0 Å². The van der Waals surface area contributed by atoms with E-state index in [0.717, 1.165) is 52.6 Å². The Morgan fingerprint density at radius 2 is 2.12 bits per heavy atom. The first-order valence-corrected chi connectivity index (χ1v) is 9.68. The fraction of sp³-hybridized carbons (Fsp3) is 0.429. The largest absolute Gasteiger partial charge is 0.465 e. The number of nitrogen functional groups attached to an aromatic ring is 2. The first kappa shape index (κ1) is 18.5. The van der Waals surface area contributed by atoms with Gasteiger partial charge >= 0.3 is 5.97 Å². The van der Waals surface area contributed by atoms with Crippen molar-refractivity contribution >= 4 is 45.9 Å². The molecule has 140 valence electrons. The summed E-state index contributed by atoms with van der Waals surface area (Å²) in [5, 5.41) is 11.3. The average Bonchev–Trinajstić information content (AvgIpc) is 3.19. The number of ether oxygens (including phenoxy) is 1. The highest BCUT2D eigenvalue weighted by molar-refractivity contribution is 7.99. The average molecular weight is 397 g/mol. The van der Waals surface area contributed by atoms with Crippen LogP contribution in [0.3, 0.4) is 0 Å². The second-order valence-electron chi connectivity index (χ2n) is 5.56. The summed E-state index contributed by atoms with van der Waals surface area (Å²) in [5.74, 6) is 10.5. The van der Waals surface area contributed by atoms with Gasteiger partial charge in [-0.15, -0.1) is 21.5 Å². The van der Waals surface area contributed by atoms with Gasteiger partial charge < -0.3 is 15.9 Å². The normalized spacial score (nSPS) is 13.2. The van der Waals surface area contributed by atoms with Gasteiger partial charge in [-0.25, -0.2) is 15.3 Å². The lowest BCUT2D eigenvalue weighted by atomic mass is 9.95. The van der Waals surface area contributed by atoms with E-state index >= 15 is 0 Å². The molecule has 0 radical (unpaired) electrons. The number of methoxy groups -OCH3 is 1. The van der Waals surface area contributed by atoms with E-state index < -0.39 is 5.97 Å². The molecule has 0 spiro atoms. The Morgan fingerprint density at radius 3 is 2.81 bits per heavy atom. The number of thioether (sulfide) groups is 1. The Balaban J connectivity index is 1.71. The maximum Gasteiger partial charge on any atom is 0.341 e. The van der Waals surface area contributed by atoms with E-state index in [2.05, 4.69) is 20.9 Å². The second-order valence-corrected chi connectivity index (χ2v) is 7.61. The summed E-state index contributed by atoms with van der Waals surface area (Å²) in [4.78, 5) is 25.7. The van der Waals surface area contributed by atoms with Gasteiger partial charge in [0.2, 0.25) is 11.1 Å². The molecule has 0 bridgehead atoms. The first-order valence-electron chi connectivity index (χ1n) is 7.87. The van der Waals surface area contributed by atoms with Crippen molar-refractivity contribution in [2.24, 2.45) is 5.84 Å². The summed E-state index contributed by atoms with van der Waals surface area (Å²) in [6.07, 6.45) is 3.85. The minimum Gasteiger partial charge on any atom is -0.465 e. The van der Waals surface area contributed by atoms with Crippen LogP contribution in [0, 0.1) is 0 Å². The Bertz CT molecular complexity index is 833. The molecule has 1 aliphatic carbocycles. The second kappa shape index (κ2) is 7.93. The monoisotopic (exact) mass is 397 g/mol. The molecule has 2 heterocycles. The molecule has 0 aliphatic heterocycles. The molecule has 0 saturated carbocycles. The first-order chi connectivity index (χ1) is 12.5. The molecule has 2 aromatic rings. The van der Waals surface area contributed by atoms with Crippen LogP contribution in [0.25, 0.3) is 0 Å². The van der Waals surface area contributed by atoms with Crippen molar-refractivity contribution in [2.75, 3.05) is 29.4 Å². The highest BCUT2D eigenvalue weighted by Crippen LogP contribution is 2.38. The summed E-state index contributed by atoms with van der Waals surface area (Å²) in [6, 6.07) is 0. The number of fused-ring (bicyclic) bond motifs is 1. The number of carbonyl (C=O) groups excluding carboxylic acids is 2. The molecule has 1 amide bonds. The van der Waals surface area contributed by atoms with E-state index in [0.29, 0.717) is 15.7 Å². The van der Waals surface area contributed by atoms with E-state index in [1.54, 1.807) is 0 Å². The molecular formula is C14H19N7O3S2. The maximum atomic E-state index is 12.3. The number of hydrogen-bond donors (Lipinski definition) is 4. The number of aryl methyl sites for hydroxylation is 1. The van der Waals surface area contributed by atoms with Gasteiger partial charge in [-0.05, 0) is 31.2 Å². The Morgan fingerprint density at radius 1 is 1.35 bits per heavy atom. The van der Waals surface area contributed by atoms with Gasteiger partial charge in [0.25, 0.3) is 5.95 Å². The van der Waals surface area contributed by atoms with Crippen molar-refractivity contribution in [2.45, 2.75) is 30.8 Å². The van der Waals surface area contributed by atoms with Crippen LogP contribution in [0.4, 0.5) is 10.9 Å². The van der Waals surface area contributed by atoms with Gasteiger partial charge in [0.15, 0.2) is 0 Å². The lowest BCUT2D eigenvalue weighted by Gasteiger charge is -2.11. The van der Waals surface area contributed by atoms with Crippen LogP contribution in [0.2, 0.25) is 0 Å². The van der Waals surface area contributed by atoms with E-state index in [1.807, 2.05) is 0 Å². The zero-order valence-corrected chi connectivity index (χ0v) is 15.7. The highest BCUT2D eigenvalue weighted by atomic mass is 32.2. The van der Waals surface area contributed by atoms with Crippen LogP contribution in [-0.4, -0.2) is 39.6 Å². The Kier molecular flexibility index (Phi) is 5.64. The van der Waals surface area contributed by atoms with E-state index in [4.69, 9.17) is 16.4 Å². The quantitative estimate of drug-likeness (QED) is 0.239. The smallest absolute Gasteiger partial charge is 0.341 e. The molecule has 6 N–H and O–H groups in total. The number of hydrogen-bond acceptors (Lipinski definition) is 10. The van der Waals surface area contributed by atoms with E-state index in [1.165, 1.54) is 18.4 Å².